The summed E-state index contributed by atoms with van der Waals surface area (Å²) in [6.45, 7) is 4.79. The third-order valence-electron chi connectivity index (χ3n) is 7.24. The van der Waals surface area contributed by atoms with Crippen LogP contribution in [0.5, 0.6) is 5.75 Å². The van der Waals surface area contributed by atoms with Gasteiger partial charge in [-0.05, 0) is 36.8 Å². The predicted octanol–water partition coefficient (Wildman–Crippen LogP) is 1.89. The number of nitrogens with zero attached hydrogens (tertiary/aromatic N) is 5. The van der Waals surface area contributed by atoms with Crippen molar-refractivity contribution in [3.8, 4) is 5.75 Å². The van der Waals surface area contributed by atoms with Crippen LogP contribution < -0.4 is 10.1 Å². The van der Waals surface area contributed by atoms with E-state index in [0.717, 1.165) is 4.31 Å². The van der Waals surface area contributed by atoms with E-state index >= 15 is 0 Å². The maximum atomic E-state index is 14.9. The molecule has 42 heavy (non-hydrogen) atoms. The number of amides is 2. The molecule has 2 aromatic rings. The van der Waals surface area contributed by atoms with Crippen molar-refractivity contribution in [3.05, 3.63) is 58.6 Å². The molecule has 1 unspecified atom stereocenters. The highest BCUT2D eigenvalue weighted by Gasteiger charge is 2.56. The van der Waals surface area contributed by atoms with Crippen LogP contribution in [0.2, 0.25) is 5.02 Å². The van der Waals surface area contributed by atoms with Crippen molar-refractivity contribution in [2.75, 3.05) is 74.1 Å². The first-order valence-corrected chi connectivity index (χ1v) is 15.3. The van der Waals surface area contributed by atoms with Crippen LogP contribution in [0.25, 0.3) is 0 Å². The maximum Gasteiger partial charge on any atom is 0.263 e. The van der Waals surface area contributed by atoms with E-state index in [9.17, 15) is 18.0 Å². The number of hydrogen-bond acceptors (Lipinski definition) is 8. The Bertz CT molecular complexity index is 1430. The van der Waals surface area contributed by atoms with Gasteiger partial charge in [-0.15, -0.1) is 12.4 Å². The molecule has 1 saturated heterocycles. The molecule has 1 atom stereocenters. The van der Waals surface area contributed by atoms with Gasteiger partial charge < -0.3 is 15.0 Å². The Labute approximate surface area is 258 Å². The first-order chi connectivity index (χ1) is 19.5. The molecular weight excluding hydrogens is 603 g/mol. The second kappa shape index (κ2) is 13.7. The molecule has 1 N–H and O–H groups in total. The minimum absolute atomic E-state index is 0. The van der Waals surface area contributed by atoms with Crippen LogP contribution in [0.1, 0.15) is 18.1 Å². The molecule has 1 fully saturated rings. The van der Waals surface area contributed by atoms with Gasteiger partial charge in [0, 0.05) is 72.0 Å². The molecule has 0 aliphatic carbocycles. The Hall–Kier alpha value is -2.74. The highest BCUT2D eigenvalue weighted by Crippen LogP contribution is 2.36. The first kappa shape index (κ1) is 33.8. The second-order valence-corrected chi connectivity index (χ2v) is 12.8. The molecule has 4 rings (SSSR count). The van der Waals surface area contributed by atoms with Crippen molar-refractivity contribution >= 4 is 51.7 Å². The summed E-state index contributed by atoms with van der Waals surface area (Å²) in [5.41, 5.74) is -0.699. The Morgan fingerprint density at radius 3 is 2.26 bits per heavy atom. The van der Waals surface area contributed by atoms with E-state index in [-0.39, 0.29) is 42.1 Å². The van der Waals surface area contributed by atoms with Gasteiger partial charge in [0.1, 0.15) is 11.6 Å². The van der Waals surface area contributed by atoms with Crippen LogP contribution in [-0.4, -0.2) is 119 Å². The summed E-state index contributed by atoms with van der Waals surface area (Å²) in [4.78, 5) is 38.7. The summed E-state index contributed by atoms with van der Waals surface area (Å²) in [5, 5.41) is 3.79. The summed E-state index contributed by atoms with van der Waals surface area (Å²) in [6.07, 6.45) is 0. The fraction of sp³-hybridized carbons (Fsp3) is 0.464. The highest BCUT2D eigenvalue weighted by molar-refractivity contribution is 7.89. The minimum atomic E-state index is -3.73. The smallest absolute Gasteiger partial charge is 0.263 e. The lowest BCUT2D eigenvalue weighted by molar-refractivity contribution is -0.157. The molecular formula is C28H38Cl2N6O5S. The SMILES string of the molecule is CCOc1cc(S(=O)(=O)N(C)C)ccc1C1=NCCN1C(=O)C(C(=O)N(C)C)(c1ccc(Cl)cc1)N1CCNCC1.Cl. The number of halogens is 2. The molecule has 0 aromatic heterocycles. The van der Waals surface area contributed by atoms with Gasteiger partial charge in [-0.3, -0.25) is 24.4 Å². The molecule has 2 aliphatic rings. The van der Waals surface area contributed by atoms with Crippen LogP contribution in [0.4, 0.5) is 0 Å². The lowest BCUT2D eigenvalue weighted by Crippen LogP contribution is -2.67. The van der Waals surface area contributed by atoms with Crippen molar-refractivity contribution in [3.63, 3.8) is 0 Å². The molecule has 2 amide bonds. The number of nitrogens with one attached hydrogen (secondary N) is 1. The molecule has 2 aliphatic heterocycles. The Balaban J connectivity index is 0.00000484. The predicted molar refractivity (Wildman–Crippen MR) is 165 cm³/mol. The van der Waals surface area contributed by atoms with Crippen LogP contribution in [0, 0.1) is 0 Å². The largest absolute Gasteiger partial charge is 0.493 e. The van der Waals surface area contributed by atoms with Crippen molar-refractivity contribution in [1.82, 2.24) is 24.3 Å². The zero-order valence-electron chi connectivity index (χ0n) is 24.5. The maximum absolute atomic E-state index is 14.9. The average molecular weight is 642 g/mol. The highest BCUT2D eigenvalue weighted by atomic mass is 35.5. The van der Waals surface area contributed by atoms with Gasteiger partial charge in [0.25, 0.3) is 11.8 Å². The summed E-state index contributed by atoms with van der Waals surface area (Å²) in [6, 6.07) is 11.3. The lowest BCUT2D eigenvalue weighted by Gasteiger charge is -2.46. The summed E-state index contributed by atoms with van der Waals surface area (Å²) in [7, 11) is 2.46. The lowest BCUT2D eigenvalue weighted by atomic mass is 9.83. The van der Waals surface area contributed by atoms with Gasteiger partial charge >= 0.3 is 0 Å². The Kier molecular flexibility index (Phi) is 11.0. The Morgan fingerprint density at radius 1 is 1.05 bits per heavy atom. The van der Waals surface area contributed by atoms with E-state index in [0.29, 0.717) is 54.7 Å². The van der Waals surface area contributed by atoms with Gasteiger partial charge in [0.2, 0.25) is 15.6 Å². The third kappa shape index (κ3) is 6.15. The second-order valence-electron chi connectivity index (χ2n) is 10.2. The van der Waals surface area contributed by atoms with Crippen molar-refractivity contribution in [1.29, 1.82) is 0 Å². The third-order valence-corrected chi connectivity index (χ3v) is 9.30. The van der Waals surface area contributed by atoms with Crippen molar-refractivity contribution in [2.45, 2.75) is 17.4 Å². The fourth-order valence-electron chi connectivity index (χ4n) is 5.21. The molecule has 14 heteroatoms. The van der Waals surface area contributed by atoms with E-state index in [4.69, 9.17) is 16.3 Å². The minimum Gasteiger partial charge on any atom is -0.493 e. The number of rotatable bonds is 9. The van der Waals surface area contributed by atoms with Crippen LogP contribution in [-0.2, 0) is 25.2 Å². The van der Waals surface area contributed by atoms with Gasteiger partial charge in [-0.25, -0.2) is 12.7 Å². The number of hydrogen-bond donors (Lipinski definition) is 1. The molecule has 2 aromatic carbocycles. The van der Waals surface area contributed by atoms with Crippen LogP contribution in [0.15, 0.2) is 52.4 Å². The number of amidine groups is 1. The number of carbonyl (C=O) groups is 2. The number of ether oxygens (including phenoxy) is 1. The zero-order valence-corrected chi connectivity index (χ0v) is 26.9. The normalized spacial score (nSPS) is 17.3. The number of likely N-dealkylation sites (N-methyl/N-ethyl adjacent to an activating group) is 1. The number of piperazine rings is 1. The number of aliphatic imine (C=N–C) groups is 1. The topological polar surface area (TPSA) is 115 Å². The van der Waals surface area contributed by atoms with Crippen LogP contribution in [0.3, 0.4) is 0 Å². The quantitative estimate of drug-likeness (QED) is 0.416. The van der Waals surface area contributed by atoms with E-state index in [1.165, 1.54) is 36.0 Å². The number of benzene rings is 2. The van der Waals surface area contributed by atoms with Gasteiger partial charge in [-0.1, -0.05) is 23.7 Å². The molecule has 0 bridgehead atoms. The molecule has 0 radical (unpaired) electrons. The average Bonchev–Trinajstić information content (AvgIpc) is 3.44. The molecule has 0 spiro atoms. The molecule has 2 heterocycles. The molecule has 11 nitrogen and oxygen atoms in total. The molecule has 0 saturated carbocycles. The summed E-state index contributed by atoms with van der Waals surface area (Å²) >= 11 is 6.22. The van der Waals surface area contributed by atoms with Gasteiger partial charge in [0.15, 0.2) is 0 Å². The number of sulfonamides is 1. The molecule has 230 valence electrons. The van der Waals surface area contributed by atoms with Gasteiger partial charge in [0.05, 0.1) is 23.6 Å². The monoisotopic (exact) mass is 640 g/mol. The first-order valence-electron chi connectivity index (χ1n) is 13.5. The van der Waals surface area contributed by atoms with Crippen molar-refractivity contribution in [2.24, 2.45) is 4.99 Å². The number of carbonyl (C=O) groups excluding carboxylic acids is 2. The van der Waals surface area contributed by atoms with Crippen LogP contribution >= 0.6 is 24.0 Å². The van der Waals surface area contributed by atoms with E-state index in [1.54, 1.807) is 51.4 Å². The fourth-order valence-corrected chi connectivity index (χ4v) is 6.25. The standard InChI is InChI=1S/C28H37ClN6O5S.ClH/c1-6-40-24-19-22(41(38,39)33(4)5)11-12-23(24)25-31-15-18-35(25)27(37)28(26(36)32(2)3,34-16-13-30-14-17-34)20-7-9-21(29)10-8-20;/h7-12,19,30H,6,13-18H2,1-5H3;1H. The Morgan fingerprint density at radius 2 is 1.69 bits per heavy atom. The summed E-state index contributed by atoms with van der Waals surface area (Å²) < 4.78 is 32.7. The van der Waals surface area contributed by atoms with E-state index in [2.05, 4.69) is 10.3 Å². The zero-order chi connectivity index (χ0) is 29.9. The van der Waals surface area contributed by atoms with E-state index in [1.807, 2.05) is 4.90 Å². The summed E-state index contributed by atoms with van der Waals surface area (Å²) in [5.74, 6) is -0.209. The van der Waals surface area contributed by atoms with Gasteiger partial charge in [-0.2, -0.15) is 0 Å². The van der Waals surface area contributed by atoms with E-state index < -0.39 is 21.5 Å². The van der Waals surface area contributed by atoms with Crippen molar-refractivity contribution < 1.29 is 22.7 Å².